The third kappa shape index (κ3) is 2.91. The van der Waals surface area contributed by atoms with Crippen LogP contribution in [0.4, 0.5) is 5.69 Å². The number of amides is 1. The summed E-state index contributed by atoms with van der Waals surface area (Å²) in [5.74, 6) is 0.632. The van der Waals surface area contributed by atoms with E-state index in [1.165, 1.54) is 0 Å². The van der Waals surface area contributed by atoms with Gasteiger partial charge in [0.2, 0.25) is 0 Å². The molecule has 2 N–H and O–H groups in total. The Morgan fingerprint density at radius 1 is 1.22 bits per heavy atom. The average Bonchev–Trinajstić information content (AvgIpc) is 2.90. The van der Waals surface area contributed by atoms with E-state index in [2.05, 4.69) is 10.6 Å². The van der Waals surface area contributed by atoms with Gasteiger partial charge in [-0.15, -0.1) is 0 Å². The number of carbonyl (C=O) groups excluding carboxylic acids is 1. The van der Waals surface area contributed by atoms with E-state index >= 15 is 0 Å². The fraction of sp³-hybridized carbons (Fsp3) is 0.214. The second kappa shape index (κ2) is 5.91. The van der Waals surface area contributed by atoms with Gasteiger partial charge in [0.15, 0.2) is 0 Å². The van der Waals surface area contributed by atoms with Gasteiger partial charge in [0.05, 0.1) is 18.4 Å². The van der Waals surface area contributed by atoms with Crippen LogP contribution in [0.1, 0.15) is 23.0 Å². The number of carbonyl (C=O) groups is 1. The molecule has 0 bridgehead atoms. The predicted octanol–water partition coefficient (Wildman–Crippen LogP) is 2.64. The van der Waals surface area contributed by atoms with E-state index in [0.29, 0.717) is 12.1 Å². The number of nitrogens with one attached hydrogen (secondary N) is 2. The van der Waals surface area contributed by atoms with Crippen LogP contribution in [0.2, 0.25) is 0 Å². The van der Waals surface area contributed by atoms with Gasteiger partial charge in [-0.05, 0) is 31.2 Å². The molecule has 0 saturated heterocycles. The van der Waals surface area contributed by atoms with E-state index in [9.17, 15) is 4.79 Å². The SMILES string of the molecule is CCNc1ccccc1C(=O)NCc1ccco1. The van der Waals surface area contributed by atoms with Gasteiger partial charge in [0.1, 0.15) is 5.76 Å². The first-order valence-electron chi connectivity index (χ1n) is 5.94. The molecule has 0 atom stereocenters. The summed E-state index contributed by atoms with van der Waals surface area (Å²) in [4.78, 5) is 12.0. The summed E-state index contributed by atoms with van der Waals surface area (Å²) in [6, 6.07) is 11.1. The molecular formula is C14H16N2O2. The minimum atomic E-state index is -0.108. The highest BCUT2D eigenvalue weighted by Gasteiger charge is 2.10. The first kappa shape index (κ1) is 12.2. The molecule has 0 aliphatic rings. The predicted molar refractivity (Wildman–Crippen MR) is 70.5 cm³/mol. The Bertz CT molecular complexity index is 506. The molecule has 0 saturated carbocycles. The second-order valence-electron chi connectivity index (χ2n) is 3.84. The number of para-hydroxylation sites is 1. The fourth-order valence-corrected chi connectivity index (χ4v) is 1.70. The Kier molecular flexibility index (Phi) is 4.02. The van der Waals surface area contributed by atoms with Gasteiger partial charge in [0.25, 0.3) is 5.91 Å². The number of furan rings is 1. The normalized spacial score (nSPS) is 10.1. The first-order chi connectivity index (χ1) is 8.81. The van der Waals surface area contributed by atoms with Gasteiger partial charge in [-0.25, -0.2) is 0 Å². The molecule has 4 nitrogen and oxygen atoms in total. The minimum Gasteiger partial charge on any atom is -0.467 e. The zero-order valence-corrected chi connectivity index (χ0v) is 10.3. The van der Waals surface area contributed by atoms with Gasteiger partial charge < -0.3 is 15.1 Å². The van der Waals surface area contributed by atoms with Crippen molar-refractivity contribution in [3.05, 3.63) is 54.0 Å². The molecule has 0 spiro atoms. The number of benzene rings is 1. The van der Waals surface area contributed by atoms with Crippen molar-refractivity contribution in [2.24, 2.45) is 0 Å². The lowest BCUT2D eigenvalue weighted by Crippen LogP contribution is -2.23. The molecular weight excluding hydrogens is 228 g/mol. The number of anilines is 1. The maximum Gasteiger partial charge on any atom is 0.253 e. The lowest BCUT2D eigenvalue weighted by Gasteiger charge is -2.10. The summed E-state index contributed by atoms with van der Waals surface area (Å²) >= 11 is 0. The van der Waals surface area contributed by atoms with Crippen LogP contribution in [0.3, 0.4) is 0 Å². The number of rotatable bonds is 5. The van der Waals surface area contributed by atoms with E-state index < -0.39 is 0 Å². The zero-order chi connectivity index (χ0) is 12.8. The van der Waals surface area contributed by atoms with Crippen LogP contribution in [-0.4, -0.2) is 12.5 Å². The highest BCUT2D eigenvalue weighted by molar-refractivity contribution is 5.99. The van der Waals surface area contributed by atoms with Gasteiger partial charge in [-0.2, -0.15) is 0 Å². The maximum absolute atomic E-state index is 12.0. The molecule has 4 heteroatoms. The Morgan fingerprint density at radius 3 is 2.78 bits per heavy atom. The van der Waals surface area contributed by atoms with E-state index in [0.717, 1.165) is 18.0 Å². The van der Waals surface area contributed by atoms with Crippen LogP contribution in [0, 0.1) is 0 Å². The fourth-order valence-electron chi connectivity index (χ4n) is 1.70. The topological polar surface area (TPSA) is 54.3 Å². The molecule has 0 radical (unpaired) electrons. The van der Waals surface area contributed by atoms with E-state index in [1.54, 1.807) is 18.4 Å². The van der Waals surface area contributed by atoms with E-state index in [1.807, 2.05) is 31.2 Å². The monoisotopic (exact) mass is 244 g/mol. The molecule has 1 amide bonds. The number of hydrogen-bond donors (Lipinski definition) is 2. The van der Waals surface area contributed by atoms with Crippen molar-refractivity contribution < 1.29 is 9.21 Å². The number of hydrogen-bond acceptors (Lipinski definition) is 3. The molecule has 0 aliphatic heterocycles. The lowest BCUT2D eigenvalue weighted by atomic mass is 10.1. The van der Waals surface area contributed by atoms with Crippen LogP contribution in [0.25, 0.3) is 0 Å². The Morgan fingerprint density at radius 2 is 2.06 bits per heavy atom. The molecule has 1 aromatic carbocycles. The molecule has 2 aromatic rings. The second-order valence-corrected chi connectivity index (χ2v) is 3.84. The molecule has 2 rings (SSSR count). The van der Waals surface area contributed by atoms with Crippen LogP contribution in [0.5, 0.6) is 0 Å². The summed E-state index contributed by atoms with van der Waals surface area (Å²) in [6.45, 7) is 3.17. The molecule has 1 heterocycles. The minimum absolute atomic E-state index is 0.108. The third-order valence-electron chi connectivity index (χ3n) is 2.54. The summed E-state index contributed by atoms with van der Waals surface area (Å²) in [6.07, 6.45) is 1.59. The van der Waals surface area contributed by atoms with Crippen LogP contribution in [-0.2, 0) is 6.54 Å². The average molecular weight is 244 g/mol. The van der Waals surface area contributed by atoms with Crippen molar-refractivity contribution in [2.75, 3.05) is 11.9 Å². The van der Waals surface area contributed by atoms with Crippen LogP contribution < -0.4 is 10.6 Å². The van der Waals surface area contributed by atoms with Gasteiger partial charge in [-0.1, -0.05) is 12.1 Å². The van der Waals surface area contributed by atoms with Crippen LogP contribution >= 0.6 is 0 Å². The maximum atomic E-state index is 12.0. The Hall–Kier alpha value is -2.23. The highest BCUT2D eigenvalue weighted by Crippen LogP contribution is 2.14. The Labute approximate surface area is 106 Å². The smallest absolute Gasteiger partial charge is 0.253 e. The molecule has 0 aliphatic carbocycles. The van der Waals surface area contributed by atoms with Crippen molar-refractivity contribution in [2.45, 2.75) is 13.5 Å². The largest absolute Gasteiger partial charge is 0.467 e. The van der Waals surface area contributed by atoms with Crippen molar-refractivity contribution >= 4 is 11.6 Å². The molecule has 18 heavy (non-hydrogen) atoms. The van der Waals surface area contributed by atoms with Crippen molar-refractivity contribution in [3.63, 3.8) is 0 Å². The summed E-state index contributed by atoms with van der Waals surface area (Å²) < 4.78 is 5.17. The van der Waals surface area contributed by atoms with Crippen LogP contribution in [0.15, 0.2) is 47.1 Å². The van der Waals surface area contributed by atoms with E-state index in [-0.39, 0.29) is 5.91 Å². The summed E-state index contributed by atoms with van der Waals surface area (Å²) in [5.41, 5.74) is 1.49. The van der Waals surface area contributed by atoms with Gasteiger partial charge in [0, 0.05) is 12.2 Å². The van der Waals surface area contributed by atoms with Crippen molar-refractivity contribution in [1.82, 2.24) is 5.32 Å². The Balaban J connectivity index is 2.04. The van der Waals surface area contributed by atoms with Gasteiger partial charge >= 0.3 is 0 Å². The molecule has 0 fully saturated rings. The summed E-state index contributed by atoms with van der Waals surface area (Å²) in [7, 11) is 0. The lowest BCUT2D eigenvalue weighted by molar-refractivity contribution is 0.0949. The third-order valence-corrected chi connectivity index (χ3v) is 2.54. The molecule has 1 aromatic heterocycles. The quantitative estimate of drug-likeness (QED) is 0.850. The van der Waals surface area contributed by atoms with Crippen molar-refractivity contribution in [1.29, 1.82) is 0 Å². The molecule has 0 unspecified atom stereocenters. The summed E-state index contributed by atoms with van der Waals surface area (Å²) in [5, 5.41) is 5.99. The van der Waals surface area contributed by atoms with E-state index in [4.69, 9.17) is 4.42 Å². The molecule has 94 valence electrons. The standard InChI is InChI=1S/C14H16N2O2/c1-2-15-13-8-4-3-7-12(13)14(17)16-10-11-6-5-9-18-11/h3-9,15H,2,10H2,1H3,(H,16,17). The highest BCUT2D eigenvalue weighted by atomic mass is 16.3. The zero-order valence-electron chi connectivity index (χ0n) is 10.3. The van der Waals surface area contributed by atoms with Crippen molar-refractivity contribution in [3.8, 4) is 0 Å². The first-order valence-corrected chi connectivity index (χ1v) is 5.94. The van der Waals surface area contributed by atoms with Gasteiger partial charge in [-0.3, -0.25) is 4.79 Å².